The average Bonchev–Trinajstić information content (AvgIpc) is 2.46. The van der Waals surface area contributed by atoms with Crippen molar-refractivity contribution in [2.45, 2.75) is 6.54 Å². The summed E-state index contributed by atoms with van der Waals surface area (Å²) in [6.07, 6.45) is 4.68. The largest absolute Gasteiger partial charge is 0.373 e. The molecule has 2 aromatic heterocycles. The second kappa shape index (κ2) is 5.72. The molecule has 0 bridgehead atoms. The van der Waals surface area contributed by atoms with E-state index < -0.39 is 0 Å². The van der Waals surface area contributed by atoms with Gasteiger partial charge >= 0.3 is 0 Å². The maximum absolute atomic E-state index is 11.9. The molecule has 18 heavy (non-hydrogen) atoms. The molecule has 2 heterocycles. The van der Waals surface area contributed by atoms with Crippen LogP contribution in [0.2, 0.25) is 0 Å². The summed E-state index contributed by atoms with van der Waals surface area (Å²) in [5.41, 5.74) is 1.32. The van der Waals surface area contributed by atoms with Gasteiger partial charge in [-0.2, -0.15) is 0 Å². The smallest absolute Gasteiger partial charge is 0.251 e. The molecule has 0 aliphatic carbocycles. The Hall–Kier alpha value is -2.50. The molecule has 1 amide bonds. The molecule has 0 aliphatic heterocycles. The van der Waals surface area contributed by atoms with Gasteiger partial charge in [0.25, 0.3) is 5.91 Å². The number of pyridine rings is 1. The van der Waals surface area contributed by atoms with Crippen molar-refractivity contribution < 1.29 is 4.79 Å². The van der Waals surface area contributed by atoms with Crippen molar-refractivity contribution in [1.29, 1.82) is 0 Å². The third-order valence-electron chi connectivity index (χ3n) is 2.35. The molecule has 0 radical (unpaired) electrons. The van der Waals surface area contributed by atoms with Crippen molar-refractivity contribution in [3.8, 4) is 0 Å². The normalized spacial score (nSPS) is 9.83. The van der Waals surface area contributed by atoms with E-state index in [9.17, 15) is 4.79 Å². The fraction of sp³-hybridized carbons (Fsp3) is 0.167. The molecule has 0 fully saturated rings. The summed E-state index contributed by atoms with van der Waals surface area (Å²) < 4.78 is 0. The number of carbonyl (C=O) groups is 1. The van der Waals surface area contributed by atoms with Gasteiger partial charge < -0.3 is 10.6 Å². The Kier molecular flexibility index (Phi) is 3.80. The SMILES string of the molecule is CNc1cc(C(=O)NCc2ccncn2)ccn1. The predicted molar refractivity (Wildman–Crippen MR) is 67.0 cm³/mol. The molecule has 0 aromatic carbocycles. The van der Waals surface area contributed by atoms with Crippen LogP contribution < -0.4 is 10.6 Å². The summed E-state index contributed by atoms with van der Waals surface area (Å²) in [7, 11) is 1.75. The molecule has 6 heteroatoms. The highest BCUT2D eigenvalue weighted by molar-refractivity contribution is 5.94. The number of amides is 1. The minimum absolute atomic E-state index is 0.160. The van der Waals surface area contributed by atoms with Gasteiger partial charge in [0.15, 0.2) is 0 Å². The van der Waals surface area contributed by atoms with Crippen molar-refractivity contribution in [3.63, 3.8) is 0 Å². The van der Waals surface area contributed by atoms with Crippen LogP contribution in [-0.2, 0) is 6.54 Å². The Morgan fingerprint density at radius 3 is 2.89 bits per heavy atom. The van der Waals surface area contributed by atoms with Gasteiger partial charge in [0.05, 0.1) is 12.2 Å². The molecule has 2 N–H and O–H groups in total. The molecule has 6 nitrogen and oxygen atoms in total. The molecule has 0 saturated heterocycles. The minimum Gasteiger partial charge on any atom is -0.373 e. The van der Waals surface area contributed by atoms with Gasteiger partial charge in [0.1, 0.15) is 12.1 Å². The lowest BCUT2D eigenvalue weighted by molar-refractivity contribution is 0.0950. The molecule has 0 spiro atoms. The van der Waals surface area contributed by atoms with Gasteiger partial charge in [-0.15, -0.1) is 0 Å². The Bertz CT molecular complexity index is 529. The molecule has 0 atom stereocenters. The summed E-state index contributed by atoms with van der Waals surface area (Å²) in [5, 5.41) is 5.67. The van der Waals surface area contributed by atoms with Gasteiger partial charge in [-0.05, 0) is 18.2 Å². The van der Waals surface area contributed by atoms with Crippen LogP contribution >= 0.6 is 0 Å². The Morgan fingerprint density at radius 2 is 2.17 bits per heavy atom. The van der Waals surface area contributed by atoms with Crippen molar-refractivity contribution in [2.24, 2.45) is 0 Å². The highest BCUT2D eigenvalue weighted by atomic mass is 16.1. The van der Waals surface area contributed by atoms with Crippen LogP contribution in [0.1, 0.15) is 16.1 Å². The first-order valence-corrected chi connectivity index (χ1v) is 5.46. The van der Waals surface area contributed by atoms with E-state index in [1.54, 1.807) is 37.6 Å². The minimum atomic E-state index is -0.160. The first kappa shape index (κ1) is 12.0. The quantitative estimate of drug-likeness (QED) is 0.832. The topological polar surface area (TPSA) is 79.8 Å². The summed E-state index contributed by atoms with van der Waals surface area (Å²) >= 11 is 0. The predicted octanol–water partition coefficient (Wildman–Crippen LogP) is 0.843. The highest BCUT2D eigenvalue weighted by Crippen LogP contribution is 2.05. The fourth-order valence-electron chi connectivity index (χ4n) is 1.40. The van der Waals surface area contributed by atoms with Gasteiger partial charge in [0, 0.05) is 25.0 Å². The summed E-state index contributed by atoms with van der Waals surface area (Å²) in [6, 6.07) is 5.11. The summed E-state index contributed by atoms with van der Waals surface area (Å²) in [5.74, 6) is 0.497. The first-order valence-electron chi connectivity index (χ1n) is 5.46. The Labute approximate surface area is 105 Å². The summed E-state index contributed by atoms with van der Waals surface area (Å²) in [6.45, 7) is 0.374. The molecule has 92 valence electrons. The van der Waals surface area contributed by atoms with Crippen LogP contribution in [0.3, 0.4) is 0 Å². The number of anilines is 1. The van der Waals surface area contributed by atoms with Crippen LogP contribution in [0.25, 0.3) is 0 Å². The molecular formula is C12H13N5O. The van der Waals surface area contributed by atoms with Crippen LogP contribution in [0, 0.1) is 0 Å². The van der Waals surface area contributed by atoms with Crippen LogP contribution in [-0.4, -0.2) is 27.9 Å². The van der Waals surface area contributed by atoms with E-state index in [0.29, 0.717) is 17.9 Å². The molecule has 0 unspecified atom stereocenters. The fourth-order valence-corrected chi connectivity index (χ4v) is 1.40. The van der Waals surface area contributed by atoms with Crippen molar-refractivity contribution in [1.82, 2.24) is 20.3 Å². The monoisotopic (exact) mass is 243 g/mol. The van der Waals surface area contributed by atoms with E-state index >= 15 is 0 Å². The number of hydrogen-bond donors (Lipinski definition) is 2. The average molecular weight is 243 g/mol. The maximum Gasteiger partial charge on any atom is 0.251 e. The van der Waals surface area contributed by atoms with Crippen LogP contribution in [0.15, 0.2) is 36.9 Å². The number of nitrogens with zero attached hydrogens (tertiary/aromatic N) is 3. The lowest BCUT2D eigenvalue weighted by Crippen LogP contribution is -2.23. The van der Waals surface area contributed by atoms with Gasteiger partial charge in [-0.25, -0.2) is 15.0 Å². The standard InChI is InChI=1S/C12H13N5O/c1-13-11-6-9(2-5-15-11)12(18)16-7-10-3-4-14-8-17-10/h2-6,8H,7H2,1H3,(H,13,15)(H,16,18). The van der Waals surface area contributed by atoms with Crippen molar-refractivity contribution >= 4 is 11.7 Å². The van der Waals surface area contributed by atoms with E-state index in [0.717, 1.165) is 5.69 Å². The van der Waals surface area contributed by atoms with Gasteiger partial charge in [0.2, 0.25) is 0 Å². The van der Waals surface area contributed by atoms with Gasteiger partial charge in [-0.1, -0.05) is 0 Å². The number of aromatic nitrogens is 3. The van der Waals surface area contributed by atoms with Crippen LogP contribution in [0.5, 0.6) is 0 Å². The van der Waals surface area contributed by atoms with E-state index in [1.807, 2.05) is 0 Å². The zero-order chi connectivity index (χ0) is 12.8. The zero-order valence-electron chi connectivity index (χ0n) is 9.92. The lowest BCUT2D eigenvalue weighted by atomic mass is 10.2. The van der Waals surface area contributed by atoms with Crippen LogP contribution in [0.4, 0.5) is 5.82 Å². The van der Waals surface area contributed by atoms with E-state index in [1.165, 1.54) is 6.33 Å². The molecule has 2 aromatic rings. The number of hydrogen-bond acceptors (Lipinski definition) is 5. The molecule has 2 rings (SSSR count). The third-order valence-corrected chi connectivity index (χ3v) is 2.35. The van der Waals surface area contributed by atoms with Gasteiger partial charge in [-0.3, -0.25) is 4.79 Å². The number of nitrogens with one attached hydrogen (secondary N) is 2. The molecular weight excluding hydrogens is 230 g/mol. The number of rotatable bonds is 4. The van der Waals surface area contributed by atoms with E-state index in [4.69, 9.17) is 0 Å². The third kappa shape index (κ3) is 3.00. The first-order chi connectivity index (χ1) is 8.79. The second-order valence-corrected chi connectivity index (χ2v) is 3.56. The Morgan fingerprint density at radius 1 is 1.28 bits per heavy atom. The lowest BCUT2D eigenvalue weighted by Gasteiger charge is -2.05. The zero-order valence-corrected chi connectivity index (χ0v) is 9.92. The van der Waals surface area contributed by atoms with Crippen molar-refractivity contribution in [2.75, 3.05) is 12.4 Å². The second-order valence-electron chi connectivity index (χ2n) is 3.56. The number of carbonyl (C=O) groups excluding carboxylic acids is 1. The highest BCUT2D eigenvalue weighted by Gasteiger charge is 2.06. The Balaban J connectivity index is 1.99. The van der Waals surface area contributed by atoms with E-state index in [2.05, 4.69) is 25.6 Å². The maximum atomic E-state index is 11.9. The molecule has 0 aliphatic rings. The van der Waals surface area contributed by atoms with E-state index in [-0.39, 0.29) is 5.91 Å². The van der Waals surface area contributed by atoms with Crippen molar-refractivity contribution in [3.05, 3.63) is 48.2 Å². The summed E-state index contributed by atoms with van der Waals surface area (Å²) in [4.78, 5) is 23.8. The molecule has 0 saturated carbocycles.